The summed E-state index contributed by atoms with van der Waals surface area (Å²) in [5.41, 5.74) is 0.460. The highest BCUT2D eigenvalue weighted by atomic mass is 32.2. The third-order valence-electron chi connectivity index (χ3n) is 3.00. The molecule has 0 aliphatic carbocycles. The average Bonchev–Trinajstić information content (AvgIpc) is 3.18. The summed E-state index contributed by atoms with van der Waals surface area (Å²) in [6.45, 7) is 4.11. The summed E-state index contributed by atoms with van der Waals surface area (Å²) in [5.74, 6) is 1.42. The molecule has 126 valence electrons. The maximum Gasteiger partial charge on any atom is 0.271 e. The lowest BCUT2D eigenvalue weighted by molar-refractivity contribution is 0.340. The van der Waals surface area contributed by atoms with Crippen LogP contribution in [0.2, 0.25) is 0 Å². The largest absolute Gasteiger partial charge is 0.494 e. The summed E-state index contributed by atoms with van der Waals surface area (Å²) in [7, 11) is -3.68. The molecule has 0 amide bonds. The number of anilines is 1. The highest BCUT2D eigenvalue weighted by Crippen LogP contribution is 2.31. The second-order valence-corrected chi connectivity index (χ2v) is 7.80. The predicted octanol–water partition coefficient (Wildman–Crippen LogP) is 3.31. The van der Waals surface area contributed by atoms with Gasteiger partial charge in [0.15, 0.2) is 0 Å². The molecule has 0 aliphatic rings. The molecule has 0 saturated heterocycles. The van der Waals surface area contributed by atoms with Gasteiger partial charge in [-0.2, -0.15) is 0 Å². The lowest BCUT2D eigenvalue weighted by Gasteiger charge is -2.07. The molecule has 9 heteroatoms. The van der Waals surface area contributed by atoms with Gasteiger partial charge in [-0.3, -0.25) is 4.72 Å². The van der Waals surface area contributed by atoms with Crippen LogP contribution in [0, 0.1) is 6.92 Å². The van der Waals surface area contributed by atoms with Gasteiger partial charge in [0.2, 0.25) is 5.89 Å². The molecule has 0 saturated carbocycles. The summed E-state index contributed by atoms with van der Waals surface area (Å²) in [4.78, 5) is 0.600. The highest BCUT2D eigenvalue weighted by Gasteiger charge is 2.19. The monoisotopic (exact) mass is 365 g/mol. The molecule has 0 spiro atoms. The van der Waals surface area contributed by atoms with E-state index in [0.29, 0.717) is 34.7 Å². The van der Waals surface area contributed by atoms with E-state index >= 15 is 0 Å². The van der Waals surface area contributed by atoms with Crippen molar-refractivity contribution < 1.29 is 17.6 Å². The number of hydrogen-bond donors (Lipinski definition) is 1. The quantitative estimate of drug-likeness (QED) is 0.720. The van der Waals surface area contributed by atoms with Crippen molar-refractivity contribution in [2.75, 3.05) is 11.3 Å². The minimum absolute atomic E-state index is 0.169. The van der Waals surface area contributed by atoms with E-state index in [1.165, 1.54) is 6.07 Å². The summed E-state index contributed by atoms with van der Waals surface area (Å²) < 4.78 is 38.3. The van der Waals surface area contributed by atoms with Gasteiger partial charge in [-0.15, -0.1) is 21.5 Å². The van der Waals surface area contributed by atoms with E-state index in [1.807, 2.05) is 6.92 Å². The van der Waals surface area contributed by atoms with Crippen LogP contribution < -0.4 is 9.46 Å². The molecule has 2 heterocycles. The lowest BCUT2D eigenvalue weighted by Crippen LogP contribution is -2.11. The van der Waals surface area contributed by atoms with Gasteiger partial charge in [0.05, 0.1) is 11.5 Å². The molecule has 2 aromatic heterocycles. The van der Waals surface area contributed by atoms with Crippen LogP contribution in [0.1, 0.15) is 12.8 Å². The van der Waals surface area contributed by atoms with E-state index < -0.39 is 10.0 Å². The summed E-state index contributed by atoms with van der Waals surface area (Å²) in [6, 6.07) is 9.88. The standard InChI is InChI=1S/C15H15N3O4S2/c1-3-21-12-6-4-11(5-7-12)18-24(19,20)14-9-8-13(23-14)15-17-16-10(2)22-15/h4-9,18H,3H2,1-2H3. The van der Waals surface area contributed by atoms with Crippen molar-refractivity contribution in [2.24, 2.45) is 0 Å². The number of benzene rings is 1. The van der Waals surface area contributed by atoms with E-state index in [4.69, 9.17) is 9.15 Å². The van der Waals surface area contributed by atoms with E-state index in [-0.39, 0.29) is 4.21 Å². The van der Waals surface area contributed by atoms with Crippen molar-refractivity contribution in [1.29, 1.82) is 0 Å². The molecule has 0 bridgehead atoms. The van der Waals surface area contributed by atoms with Crippen LogP contribution in [0.4, 0.5) is 5.69 Å². The van der Waals surface area contributed by atoms with Gasteiger partial charge in [-0.05, 0) is 43.3 Å². The third kappa shape index (κ3) is 3.57. The van der Waals surface area contributed by atoms with Crippen LogP contribution in [-0.2, 0) is 10.0 Å². The first kappa shape index (κ1) is 16.5. The van der Waals surface area contributed by atoms with Gasteiger partial charge in [-0.25, -0.2) is 8.42 Å². The third-order valence-corrected chi connectivity index (χ3v) is 5.95. The fourth-order valence-corrected chi connectivity index (χ4v) is 4.25. The van der Waals surface area contributed by atoms with Gasteiger partial charge in [-0.1, -0.05) is 0 Å². The highest BCUT2D eigenvalue weighted by molar-refractivity contribution is 7.94. The Morgan fingerprint density at radius 2 is 1.92 bits per heavy atom. The fraction of sp³-hybridized carbons (Fsp3) is 0.200. The van der Waals surface area contributed by atoms with Gasteiger partial charge >= 0.3 is 0 Å². The molecule has 0 aliphatic heterocycles. The van der Waals surface area contributed by atoms with Crippen molar-refractivity contribution in [3.8, 4) is 16.5 Å². The molecule has 0 atom stereocenters. The van der Waals surface area contributed by atoms with Crippen molar-refractivity contribution >= 4 is 27.0 Å². The molecule has 3 aromatic rings. The van der Waals surface area contributed by atoms with Crippen molar-refractivity contribution in [3.63, 3.8) is 0 Å². The van der Waals surface area contributed by atoms with Crippen molar-refractivity contribution in [1.82, 2.24) is 10.2 Å². The Bertz CT molecular complexity index is 930. The maximum atomic E-state index is 12.5. The van der Waals surface area contributed by atoms with Crippen LogP contribution in [0.3, 0.4) is 0 Å². The molecule has 24 heavy (non-hydrogen) atoms. The molecule has 7 nitrogen and oxygen atoms in total. The van der Waals surface area contributed by atoms with Crippen molar-refractivity contribution in [3.05, 3.63) is 42.3 Å². The number of nitrogens with one attached hydrogen (secondary N) is 1. The zero-order valence-electron chi connectivity index (χ0n) is 13.0. The molecule has 0 unspecified atom stereocenters. The molecule has 3 rings (SSSR count). The summed E-state index contributed by atoms with van der Waals surface area (Å²) in [6.07, 6.45) is 0. The van der Waals surface area contributed by atoms with Gasteiger partial charge in [0.1, 0.15) is 9.96 Å². The average molecular weight is 365 g/mol. The number of aromatic nitrogens is 2. The number of nitrogens with zero attached hydrogens (tertiary/aromatic N) is 2. The molecular formula is C15H15N3O4S2. The number of aryl methyl sites for hydroxylation is 1. The van der Waals surface area contributed by atoms with Gasteiger partial charge in [0, 0.05) is 12.6 Å². The van der Waals surface area contributed by atoms with Crippen LogP contribution in [0.5, 0.6) is 5.75 Å². The van der Waals surface area contributed by atoms with Gasteiger partial charge in [0.25, 0.3) is 15.9 Å². The van der Waals surface area contributed by atoms with Crippen LogP contribution in [0.25, 0.3) is 10.8 Å². The first-order chi connectivity index (χ1) is 11.5. The predicted molar refractivity (Wildman–Crippen MR) is 90.8 cm³/mol. The molecule has 1 aromatic carbocycles. The zero-order valence-corrected chi connectivity index (χ0v) is 14.6. The Balaban J connectivity index is 1.79. The van der Waals surface area contributed by atoms with Gasteiger partial charge < -0.3 is 9.15 Å². The van der Waals surface area contributed by atoms with E-state index in [0.717, 1.165) is 11.3 Å². The number of rotatable bonds is 6. The number of ether oxygens (including phenoxy) is 1. The second-order valence-electron chi connectivity index (χ2n) is 4.81. The van der Waals surface area contributed by atoms with E-state index in [1.54, 1.807) is 37.3 Å². The minimum atomic E-state index is -3.68. The molecule has 0 fully saturated rings. The smallest absolute Gasteiger partial charge is 0.271 e. The topological polar surface area (TPSA) is 94.3 Å². The first-order valence-corrected chi connectivity index (χ1v) is 9.44. The van der Waals surface area contributed by atoms with Crippen LogP contribution >= 0.6 is 11.3 Å². The Labute approximate surface area is 143 Å². The summed E-state index contributed by atoms with van der Waals surface area (Å²) in [5, 5.41) is 7.63. The van der Waals surface area contributed by atoms with E-state index in [9.17, 15) is 8.42 Å². The Morgan fingerprint density at radius 3 is 2.54 bits per heavy atom. The molecular weight excluding hydrogens is 350 g/mol. The number of hydrogen-bond acceptors (Lipinski definition) is 7. The molecule has 0 radical (unpaired) electrons. The minimum Gasteiger partial charge on any atom is -0.494 e. The van der Waals surface area contributed by atoms with E-state index in [2.05, 4.69) is 14.9 Å². The first-order valence-electron chi connectivity index (χ1n) is 7.14. The maximum absolute atomic E-state index is 12.5. The lowest BCUT2D eigenvalue weighted by atomic mass is 10.3. The summed E-state index contributed by atoms with van der Waals surface area (Å²) >= 11 is 1.07. The second kappa shape index (κ2) is 6.62. The number of sulfonamides is 1. The Hall–Kier alpha value is -2.39. The molecule has 1 N–H and O–H groups in total. The Morgan fingerprint density at radius 1 is 1.17 bits per heavy atom. The Kier molecular flexibility index (Phi) is 4.54. The van der Waals surface area contributed by atoms with Crippen LogP contribution in [-0.4, -0.2) is 25.2 Å². The van der Waals surface area contributed by atoms with Crippen LogP contribution in [0.15, 0.2) is 45.0 Å². The van der Waals surface area contributed by atoms with Crippen molar-refractivity contribution in [2.45, 2.75) is 18.1 Å². The zero-order chi connectivity index (χ0) is 17.2. The fourth-order valence-electron chi connectivity index (χ4n) is 1.97. The normalized spacial score (nSPS) is 11.4. The SMILES string of the molecule is CCOc1ccc(NS(=O)(=O)c2ccc(-c3nnc(C)o3)s2)cc1. The number of thiophene rings is 1.